The molecule has 9 heteroatoms. The molecule has 0 spiro atoms. The Morgan fingerprint density at radius 2 is 1.69 bits per heavy atom. The van der Waals surface area contributed by atoms with Crippen molar-refractivity contribution in [3.63, 3.8) is 0 Å². The van der Waals surface area contributed by atoms with Crippen molar-refractivity contribution in [1.82, 2.24) is 10.2 Å². The Labute approximate surface area is 209 Å². The molecule has 0 aliphatic rings. The lowest BCUT2D eigenvalue weighted by molar-refractivity contribution is -0.140. The third-order valence-corrected chi connectivity index (χ3v) is 6.78. The lowest BCUT2D eigenvalue weighted by atomic mass is 10.1. The summed E-state index contributed by atoms with van der Waals surface area (Å²) in [5.41, 5.74) is 2.16. The van der Waals surface area contributed by atoms with E-state index >= 15 is 0 Å². The topological polar surface area (TPSA) is 96.0 Å². The first-order chi connectivity index (χ1) is 16.6. The van der Waals surface area contributed by atoms with E-state index in [9.17, 15) is 18.0 Å². The number of anilines is 1. The van der Waals surface area contributed by atoms with Gasteiger partial charge in [0, 0.05) is 13.1 Å². The number of para-hydroxylation sites is 2. The van der Waals surface area contributed by atoms with E-state index in [0.717, 1.165) is 28.1 Å². The molecule has 0 saturated carbocycles. The molecule has 1 N–H and O–H groups in total. The highest BCUT2D eigenvalue weighted by molar-refractivity contribution is 7.92. The first-order valence-electron chi connectivity index (χ1n) is 11.9. The summed E-state index contributed by atoms with van der Waals surface area (Å²) >= 11 is 0. The molecular formula is C26H37N3O5S. The van der Waals surface area contributed by atoms with Gasteiger partial charge in [-0.1, -0.05) is 50.2 Å². The standard InChI is InChI=1S/C26H37N3O5S/c1-6-17-27-26(31)22(7-2)28(18-21-14-10-9-13-20(21)4)25(30)19-29(35(5,32)33)23-15-11-12-16-24(23)34-8-3/h9-16,22H,6-8,17-19H2,1-5H3,(H,27,31)/t22-/m1/s1. The summed E-state index contributed by atoms with van der Waals surface area (Å²) in [6, 6.07) is 13.6. The van der Waals surface area contributed by atoms with Crippen LogP contribution < -0.4 is 14.4 Å². The second-order valence-electron chi connectivity index (χ2n) is 8.33. The van der Waals surface area contributed by atoms with E-state index < -0.39 is 28.5 Å². The molecule has 2 aromatic rings. The lowest BCUT2D eigenvalue weighted by Gasteiger charge is -2.33. The molecule has 0 bridgehead atoms. The van der Waals surface area contributed by atoms with Crippen molar-refractivity contribution >= 4 is 27.5 Å². The number of hydrogen-bond donors (Lipinski definition) is 1. The van der Waals surface area contributed by atoms with Gasteiger partial charge in [-0.25, -0.2) is 8.42 Å². The van der Waals surface area contributed by atoms with Gasteiger partial charge in [-0.2, -0.15) is 0 Å². The van der Waals surface area contributed by atoms with Gasteiger partial charge in [0.25, 0.3) is 0 Å². The van der Waals surface area contributed by atoms with E-state index in [1.165, 1.54) is 4.90 Å². The minimum absolute atomic E-state index is 0.189. The van der Waals surface area contributed by atoms with E-state index in [-0.39, 0.29) is 18.1 Å². The number of carbonyl (C=O) groups excluding carboxylic acids is 2. The number of benzene rings is 2. The number of aryl methyl sites for hydroxylation is 1. The predicted molar refractivity (Wildman–Crippen MR) is 139 cm³/mol. The van der Waals surface area contributed by atoms with E-state index in [2.05, 4.69) is 5.32 Å². The van der Waals surface area contributed by atoms with Crippen molar-refractivity contribution in [2.75, 3.05) is 30.3 Å². The van der Waals surface area contributed by atoms with E-state index in [4.69, 9.17) is 4.74 Å². The fourth-order valence-corrected chi connectivity index (χ4v) is 4.65. The highest BCUT2D eigenvalue weighted by Crippen LogP contribution is 2.30. The van der Waals surface area contributed by atoms with Crippen LogP contribution in [0.25, 0.3) is 0 Å². The Hall–Kier alpha value is -3.07. The Bertz CT molecular complexity index is 1100. The normalized spacial score (nSPS) is 12.0. The van der Waals surface area contributed by atoms with Crippen LogP contribution in [0.5, 0.6) is 5.75 Å². The van der Waals surface area contributed by atoms with E-state index in [1.54, 1.807) is 31.2 Å². The Morgan fingerprint density at radius 1 is 1.03 bits per heavy atom. The van der Waals surface area contributed by atoms with Crippen LogP contribution in [0.3, 0.4) is 0 Å². The van der Waals surface area contributed by atoms with E-state index in [1.807, 2.05) is 45.0 Å². The number of ether oxygens (including phenoxy) is 1. The SMILES string of the molecule is CCCNC(=O)[C@@H](CC)N(Cc1ccccc1C)C(=O)CN(c1ccccc1OCC)S(C)(=O)=O. The number of nitrogens with zero attached hydrogens (tertiary/aromatic N) is 2. The summed E-state index contributed by atoms with van der Waals surface area (Å²) in [7, 11) is -3.83. The summed E-state index contributed by atoms with van der Waals surface area (Å²) in [6.45, 7) is 8.12. The van der Waals surface area contributed by atoms with Crippen LogP contribution in [0.1, 0.15) is 44.7 Å². The fourth-order valence-electron chi connectivity index (χ4n) is 3.79. The molecule has 2 aromatic carbocycles. The number of rotatable bonds is 13. The molecule has 1 atom stereocenters. The molecule has 2 rings (SSSR count). The molecule has 35 heavy (non-hydrogen) atoms. The number of hydrogen-bond acceptors (Lipinski definition) is 5. The van der Waals surface area contributed by atoms with Crippen LogP contribution in [-0.2, 0) is 26.2 Å². The second-order valence-corrected chi connectivity index (χ2v) is 10.2. The van der Waals surface area contributed by atoms with Crippen molar-refractivity contribution in [3.8, 4) is 5.75 Å². The molecule has 0 aliphatic heterocycles. The maximum atomic E-state index is 13.7. The number of nitrogens with one attached hydrogen (secondary N) is 1. The highest BCUT2D eigenvalue weighted by Gasteiger charge is 2.32. The quantitative estimate of drug-likeness (QED) is 0.451. The Balaban J connectivity index is 2.48. The molecule has 0 saturated heterocycles. The van der Waals surface area contributed by atoms with Gasteiger partial charge < -0.3 is 15.0 Å². The van der Waals surface area contributed by atoms with Crippen LogP contribution in [0.4, 0.5) is 5.69 Å². The monoisotopic (exact) mass is 503 g/mol. The third kappa shape index (κ3) is 7.71. The van der Waals surface area contributed by atoms with Crippen molar-refractivity contribution < 1.29 is 22.7 Å². The number of carbonyl (C=O) groups is 2. The number of sulfonamides is 1. The predicted octanol–water partition coefficient (Wildman–Crippen LogP) is 3.49. The average molecular weight is 504 g/mol. The molecule has 0 heterocycles. The van der Waals surface area contributed by atoms with Crippen molar-refractivity contribution in [1.29, 1.82) is 0 Å². The molecule has 0 radical (unpaired) electrons. The summed E-state index contributed by atoms with van der Waals surface area (Å²) < 4.78 is 32.3. The highest BCUT2D eigenvalue weighted by atomic mass is 32.2. The molecule has 0 fully saturated rings. The van der Waals surface area contributed by atoms with Gasteiger partial charge in [0.1, 0.15) is 18.3 Å². The van der Waals surface area contributed by atoms with Gasteiger partial charge >= 0.3 is 0 Å². The van der Waals surface area contributed by atoms with Gasteiger partial charge in [-0.15, -0.1) is 0 Å². The number of amides is 2. The zero-order valence-electron chi connectivity index (χ0n) is 21.3. The zero-order chi connectivity index (χ0) is 26.0. The lowest BCUT2D eigenvalue weighted by Crippen LogP contribution is -2.52. The molecule has 2 amide bonds. The molecule has 0 aromatic heterocycles. The summed E-state index contributed by atoms with van der Waals surface area (Å²) in [5, 5.41) is 2.88. The minimum Gasteiger partial charge on any atom is -0.492 e. The molecule has 0 aliphatic carbocycles. The van der Waals surface area contributed by atoms with Crippen molar-refractivity contribution in [2.24, 2.45) is 0 Å². The Morgan fingerprint density at radius 3 is 2.29 bits per heavy atom. The summed E-state index contributed by atoms with van der Waals surface area (Å²) in [5.74, 6) is -0.355. The van der Waals surface area contributed by atoms with Crippen molar-refractivity contribution in [2.45, 2.75) is 53.1 Å². The zero-order valence-corrected chi connectivity index (χ0v) is 22.1. The largest absolute Gasteiger partial charge is 0.492 e. The maximum Gasteiger partial charge on any atom is 0.244 e. The van der Waals surface area contributed by atoms with Crippen molar-refractivity contribution in [3.05, 3.63) is 59.7 Å². The average Bonchev–Trinajstić information content (AvgIpc) is 2.82. The van der Waals surface area contributed by atoms with E-state index in [0.29, 0.717) is 25.3 Å². The van der Waals surface area contributed by atoms with Gasteiger partial charge in [-0.05, 0) is 49.9 Å². The van der Waals surface area contributed by atoms with Crippen LogP contribution in [0.2, 0.25) is 0 Å². The molecular weight excluding hydrogens is 466 g/mol. The second kappa shape index (κ2) is 13.1. The first kappa shape index (κ1) is 28.2. The van der Waals surface area contributed by atoms with Crippen LogP contribution in [0.15, 0.2) is 48.5 Å². The van der Waals surface area contributed by atoms with Gasteiger partial charge in [0.2, 0.25) is 21.8 Å². The minimum atomic E-state index is -3.83. The fraction of sp³-hybridized carbons (Fsp3) is 0.462. The Kier molecular flexibility index (Phi) is 10.6. The summed E-state index contributed by atoms with van der Waals surface area (Å²) in [4.78, 5) is 28.2. The van der Waals surface area contributed by atoms with Gasteiger partial charge in [0.15, 0.2) is 0 Å². The van der Waals surface area contributed by atoms with Crippen LogP contribution in [0, 0.1) is 6.92 Å². The summed E-state index contributed by atoms with van der Waals surface area (Å²) in [6.07, 6.45) is 2.21. The molecule has 0 unspecified atom stereocenters. The first-order valence-corrected chi connectivity index (χ1v) is 13.8. The third-order valence-electron chi connectivity index (χ3n) is 5.65. The van der Waals surface area contributed by atoms with Gasteiger partial charge in [0.05, 0.1) is 18.6 Å². The smallest absolute Gasteiger partial charge is 0.244 e. The van der Waals surface area contributed by atoms with Crippen LogP contribution in [-0.4, -0.2) is 57.1 Å². The molecule has 192 valence electrons. The van der Waals surface area contributed by atoms with Gasteiger partial charge in [-0.3, -0.25) is 13.9 Å². The molecule has 8 nitrogen and oxygen atoms in total. The maximum absolute atomic E-state index is 13.7. The van der Waals surface area contributed by atoms with Crippen LogP contribution >= 0.6 is 0 Å².